The highest BCUT2D eigenvalue weighted by Gasteiger charge is 2.24. The molecule has 1 amide bonds. The molecule has 0 saturated carbocycles. The molecule has 4 heteroatoms. The van der Waals surface area contributed by atoms with Crippen LogP contribution < -0.4 is 5.32 Å². The van der Waals surface area contributed by atoms with E-state index in [0.717, 1.165) is 11.3 Å². The molecule has 2 N–H and O–H groups in total. The van der Waals surface area contributed by atoms with E-state index in [-0.39, 0.29) is 11.7 Å². The van der Waals surface area contributed by atoms with Crippen molar-refractivity contribution in [2.45, 2.75) is 0 Å². The summed E-state index contributed by atoms with van der Waals surface area (Å²) in [4.78, 5) is 14.7. The molecule has 1 aromatic carbocycles. The summed E-state index contributed by atoms with van der Waals surface area (Å²) in [6, 6.07) is 7.99. The Labute approximate surface area is 97.0 Å². The van der Waals surface area contributed by atoms with Crippen molar-refractivity contribution in [3.63, 3.8) is 0 Å². The third kappa shape index (κ3) is 1.63. The molecule has 84 valence electrons. The number of H-pyrrole nitrogens is 1. The number of aromatic amines is 1. The van der Waals surface area contributed by atoms with Crippen LogP contribution in [0.3, 0.4) is 0 Å². The van der Waals surface area contributed by atoms with Crippen LogP contribution in [-0.2, 0) is 4.79 Å². The maximum atomic E-state index is 13.0. The standard InChI is InChI=1S/C13H9FN2O/c14-8-3-4-10-11(7-9-2-1-5-15-9)13(17)16-12(10)6-8/h1-7,15H,(H,16,17). The summed E-state index contributed by atoms with van der Waals surface area (Å²) in [6.07, 6.45) is 3.53. The molecule has 2 aromatic rings. The van der Waals surface area contributed by atoms with Crippen LogP contribution in [-0.4, -0.2) is 10.9 Å². The summed E-state index contributed by atoms with van der Waals surface area (Å²) in [5.41, 5.74) is 2.63. The Morgan fingerprint density at radius 3 is 2.88 bits per heavy atom. The zero-order chi connectivity index (χ0) is 11.8. The first kappa shape index (κ1) is 9.84. The Balaban J connectivity index is 2.11. The number of amides is 1. The summed E-state index contributed by atoms with van der Waals surface area (Å²) in [5, 5.41) is 2.64. The number of hydrogen-bond acceptors (Lipinski definition) is 1. The molecule has 0 bridgehead atoms. The van der Waals surface area contributed by atoms with Crippen molar-refractivity contribution in [1.29, 1.82) is 0 Å². The van der Waals surface area contributed by atoms with Gasteiger partial charge in [0.15, 0.2) is 0 Å². The predicted octanol–water partition coefficient (Wildman–Crippen LogP) is 2.65. The molecule has 0 atom stereocenters. The molecule has 0 unspecified atom stereocenters. The number of aromatic nitrogens is 1. The van der Waals surface area contributed by atoms with Gasteiger partial charge < -0.3 is 10.3 Å². The van der Waals surface area contributed by atoms with Crippen molar-refractivity contribution in [1.82, 2.24) is 4.98 Å². The number of rotatable bonds is 1. The fourth-order valence-electron chi connectivity index (χ4n) is 1.90. The minimum absolute atomic E-state index is 0.208. The van der Waals surface area contributed by atoms with E-state index >= 15 is 0 Å². The lowest BCUT2D eigenvalue weighted by atomic mass is 10.1. The van der Waals surface area contributed by atoms with Gasteiger partial charge in [-0.1, -0.05) is 0 Å². The van der Waals surface area contributed by atoms with Crippen LogP contribution in [0, 0.1) is 5.82 Å². The first-order chi connectivity index (χ1) is 8.24. The molecule has 0 saturated heterocycles. The molecular weight excluding hydrogens is 219 g/mol. The largest absolute Gasteiger partial charge is 0.362 e. The van der Waals surface area contributed by atoms with E-state index in [2.05, 4.69) is 10.3 Å². The van der Waals surface area contributed by atoms with E-state index in [1.54, 1.807) is 18.3 Å². The SMILES string of the molecule is O=C1Nc2cc(F)ccc2C1=Cc1ccc[nH]1. The molecule has 17 heavy (non-hydrogen) atoms. The summed E-state index contributed by atoms with van der Waals surface area (Å²) in [7, 11) is 0. The second kappa shape index (κ2) is 3.59. The summed E-state index contributed by atoms with van der Waals surface area (Å²) >= 11 is 0. The van der Waals surface area contributed by atoms with Crippen molar-refractivity contribution >= 4 is 23.2 Å². The number of hydrogen-bond donors (Lipinski definition) is 2. The highest BCUT2D eigenvalue weighted by molar-refractivity contribution is 6.34. The zero-order valence-corrected chi connectivity index (χ0v) is 8.83. The van der Waals surface area contributed by atoms with Crippen LogP contribution in [0.5, 0.6) is 0 Å². The van der Waals surface area contributed by atoms with E-state index in [9.17, 15) is 9.18 Å². The molecular formula is C13H9FN2O. The Kier molecular flexibility index (Phi) is 2.08. The van der Waals surface area contributed by atoms with Gasteiger partial charge in [-0.25, -0.2) is 4.39 Å². The normalized spacial score (nSPS) is 16.1. The first-order valence-electron chi connectivity index (χ1n) is 5.20. The summed E-state index contributed by atoms with van der Waals surface area (Å²) < 4.78 is 13.0. The van der Waals surface area contributed by atoms with Crippen molar-refractivity contribution in [3.8, 4) is 0 Å². The van der Waals surface area contributed by atoms with Gasteiger partial charge in [-0.15, -0.1) is 0 Å². The van der Waals surface area contributed by atoms with Gasteiger partial charge in [0.1, 0.15) is 5.82 Å². The van der Waals surface area contributed by atoms with E-state index in [4.69, 9.17) is 0 Å². The maximum Gasteiger partial charge on any atom is 0.256 e. The van der Waals surface area contributed by atoms with Gasteiger partial charge in [0.25, 0.3) is 5.91 Å². The van der Waals surface area contributed by atoms with E-state index < -0.39 is 0 Å². The van der Waals surface area contributed by atoms with Crippen molar-refractivity contribution in [3.05, 3.63) is 53.6 Å². The van der Waals surface area contributed by atoms with Gasteiger partial charge in [0.05, 0.1) is 11.3 Å². The van der Waals surface area contributed by atoms with E-state index in [1.165, 1.54) is 12.1 Å². The average molecular weight is 228 g/mol. The molecule has 3 rings (SSSR count). The number of nitrogens with one attached hydrogen (secondary N) is 2. The predicted molar refractivity (Wildman–Crippen MR) is 63.7 cm³/mol. The van der Waals surface area contributed by atoms with Crippen molar-refractivity contribution in [2.24, 2.45) is 0 Å². The second-order valence-corrected chi connectivity index (χ2v) is 3.83. The number of carbonyl (C=O) groups excluding carboxylic acids is 1. The number of halogens is 1. The Bertz CT molecular complexity index is 614. The number of fused-ring (bicyclic) bond motifs is 1. The smallest absolute Gasteiger partial charge is 0.256 e. The molecule has 1 aromatic heterocycles. The van der Waals surface area contributed by atoms with Crippen LogP contribution in [0.1, 0.15) is 11.3 Å². The fraction of sp³-hybridized carbons (Fsp3) is 0. The van der Waals surface area contributed by atoms with Gasteiger partial charge in [-0.05, 0) is 36.4 Å². The Morgan fingerprint density at radius 1 is 1.24 bits per heavy atom. The van der Waals surface area contributed by atoms with E-state index in [0.29, 0.717) is 11.3 Å². The Morgan fingerprint density at radius 2 is 2.12 bits per heavy atom. The summed E-state index contributed by atoms with van der Waals surface area (Å²) in [5.74, 6) is -0.564. The zero-order valence-electron chi connectivity index (χ0n) is 8.83. The first-order valence-corrected chi connectivity index (χ1v) is 5.20. The molecule has 3 nitrogen and oxygen atoms in total. The molecule has 1 aliphatic rings. The minimum atomic E-state index is -0.356. The van der Waals surface area contributed by atoms with Crippen LogP contribution in [0.25, 0.3) is 11.6 Å². The van der Waals surface area contributed by atoms with Crippen molar-refractivity contribution < 1.29 is 9.18 Å². The lowest BCUT2D eigenvalue weighted by molar-refractivity contribution is -0.110. The second-order valence-electron chi connectivity index (χ2n) is 3.83. The van der Waals surface area contributed by atoms with Crippen LogP contribution in [0.4, 0.5) is 10.1 Å². The minimum Gasteiger partial charge on any atom is -0.362 e. The summed E-state index contributed by atoms with van der Waals surface area (Å²) in [6.45, 7) is 0. The lowest BCUT2D eigenvalue weighted by Crippen LogP contribution is -2.03. The molecule has 2 heterocycles. The van der Waals surface area contributed by atoms with E-state index in [1.807, 2.05) is 12.1 Å². The molecule has 0 fully saturated rings. The van der Waals surface area contributed by atoms with Gasteiger partial charge in [-0.3, -0.25) is 4.79 Å². The van der Waals surface area contributed by atoms with Gasteiger partial charge in [0, 0.05) is 17.5 Å². The highest BCUT2D eigenvalue weighted by atomic mass is 19.1. The number of anilines is 1. The quantitative estimate of drug-likeness (QED) is 0.724. The third-order valence-corrected chi connectivity index (χ3v) is 2.69. The fourth-order valence-corrected chi connectivity index (χ4v) is 1.90. The van der Waals surface area contributed by atoms with Gasteiger partial charge >= 0.3 is 0 Å². The maximum absolute atomic E-state index is 13.0. The molecule has 1 aliphatic heterocycles. The number of carbonyl (C=O) groups is 1. The Hall–Kier alpha value is -2.36. The van der Waals surface area contributed by atoms with Crippen LogP contribution in [0.2, 0.25) is 0 Å². The van der Waals surface area contributed by atoms with Crippen LogP contribution in [0.15, 0.2) is 36.5 Å². The topological polar surface area (TPSA) is 44.9 Å². The molecule has 0 radical (unpaired) electrons. The van der Waals surface area contributed by atoms with Gasteiger partial charge in [0.2, 0.25) is 0 Å². The molecule has 0 aliphatic carbocycles. The van der Waals surface area contributed by atoms with Crippen molar-refractivity contribution in [2.75, 3.05) is 5.32 Å². The highest BCUT2D eigenvalue weighted by Crippen LogP contribution is 2.33. The van der Waals surface area contributed by atoms with Crippen LogP contribution >= 0.6 is 0 Å². The molecule has 0 spiro atoms. The third-order valence-electron chi connectivity index (χ3n) is 2.69. The number of benzene rings is 1. The average Bonchev–Trinajstić information content (AvgIpc) is 2.88. The van der Waals surface area contributed by atoms with Gasteiger partial charge in [-0.2, -0.15) is 0 Å². The lowest BCUT2D eigenvalue weighted by Gasteiger charge is -1.97. The monoisotopic (exact) mass is 228 g/mol.